The lowest BCUT2D eigenvalue weighted by Gasteiger charge is -2.35. The maximum absolute atomic E-state index is 12.1. The molecule has 2 aliphatic heterocycles. The number of nitrogens with zero attached hydrogens (tertiary/aromatic N) is 2. The van der Waals surface area contributed by atoms with Crippen molar-refractivity contribution >= 4 is 5.91 Å². The maximum atomic E-state index is 12.1. The Bertz CT molecular complexity index is 535. The number of carbonyl (C=O) groups is 1. The van der Waals surface area contributed by atoms with Crippen LogP contribution < -0.4 is 4.74 Å². The van der Waals surface area contributed by atoms with Gasteiger partial charge in [0.25, 0.3) is 0 Å². The van der Waals surface area contributed by atoms with E-state index in [1.165, 1.54) is 0 Å². The second kappa shape index (κ2) is 6.20. The van der Waals surface area contributed by atoms with Gasteiger partial charge in [0, 0.05) is 26.2 Å². The Morgan fingerprint density at radius 1 is 1.32 bits per heavy atom. The third-order valence-electron chi connectivity index (χ3n) is 4.58. The van der Waals surface area contributed by atoms with Crippen LogP contribution in [0.2, 0.25) is 0 Å². The predicted octanol–water partition coefficient (Wildman–Crippen LogP) is 2.34. The van der Waals surface area contributed by atoms with Crippen LogP contribution in [0.15, 0.2) is 24.3 Å². The fourth-order valence-electron chi connectivity index (χ4n) is 3.52. The highest BCUT2D eigenvalue weighted by Crippen LogP contribution is 2.32. The van der Waals surface area contributed by atoms with Crippen molar-refractivity contribution in [2.24, 2.45) is 5.92 Å². The Balaban J connectivity index is 1.66. The highest BCUT2D eigenvalue weighted by Gasteiger charge is 2.43. The zero-order valence-corrected chi connectivity index (χ0v) is 12.5. The fourth-order valence-corrected chi connectivity index (χ4v) is 3.52. The zero-order valence-electron chi connectivity index (χ0n) is 12.5. The number of hydrogen-bond acceptors (Lipinski definition) is 3. The zero-order chi connectivity index (χ0) is 15.7. The molecule has 0 saturated carbocycles. The van der Waals surface area contributed by atoms with Gasteiger partial charge in [-0.25, -0.2) is 0 Å². The van der Waals surface area contributed by atoms with Crippen LogP contribution in [0.25, 0.3) is 0 Å². The molecule has 4 nitrogen and oxygen atoms in total. The Hall–Kier alpha value is -1.69. The second-order valence-corrected chi connectivity index (χ2v) is 6.03. The van der Waals surface area contributed by atoms with Gasteiger partial charge in [0.05, 0.1) is 5.92 Å². The molecule has 2 aliphatic rings. The number of rotatable bonds is 4. The van der Waals surface area contributed by atoms with E-state index < -0.39 is 6.61 Å². The van der Waals surface area contributed by atoms with E-state index in [4.69, 9.17) is 0 Å². The van der Waals surface area contributed by atoms with E-state index >= 15 is 0 Å². The Morgan fingerprint density at radius 2 is 2.05 bits per heavy atom. The average molecular weight is 310 g/mol. The number of piperidine rings is 1. The summed E-state index contributed by atoms with van der Waals surface area (Å²) in [6.45, 7) is -0.320. The van der Waals surface area contributed by atoms with Crippen LogP contribution in [0.5, 0.6) is 5.75 Å². The first-order valence-electron chi connectivity index (χ1n) is 7.57. The molecular formula is C16H20F2N2O2. The van der Waals surface area contributed by atoms with Crippen LogP contribution in [0.4, 0.5) is 8.78 Å². The summed E-state index contributed by atoms with van der Waals surface area (Å²) < 4.78 is 28.7. The van der Waals surface area contributed by atoms with Gasteiger partial charge >= 0.3 is 6.61 Å². The molecule has 1 amide bonds. The molecule has 2 atom stereocenters. The Kier molecular flexibility index (Phi) is 4.29. The van der Waals surface area contributed by atoms with Crippen LogP contribution in [-0.2, 0) is 11.3 Å². The van der Waals surface area contributed by atoms with Crippen LogP contribution in [-0.4, -0.2) is 48.5 Å². The summed E-state index contributed by atoms with van der Waals surface area (Å²) in [4.78, 5) is 16.2. The Labute approximate surface area is 128 Å². The van der Waals surface area contributed by atoms with Crippen molar-refractivity contribution in [3.63, 3.8) is 0 Å². The molecule has 0 spiro atoms. The molecule has 0 aliphatic carbocycles. The summed E-state index contributed by atoms with van der Waals surface area (Å²) in [5.41, 5.74) is 1.05. The minimum absolute atomic E-state index is 0.111. The molecule has 0 N–H and O–H groups in total. The highest BCUT2D eigenvalue weighted by molar-refractivity contribution is 5.81. The summed E-state index contributed by atoms with van der Waals surface area (Å²) in [7, 11) is 1.86. The van der Waals surface area contributed by atoms with Gasteiger partial charge in [-0.2, -0.15) is 8.78 Å². The molecule has 0 radical (unpaired) electrons. The van der Waals surface area contributed by atoms with Crippen molar-refractivity contribution < 1.29 is 18.3 Å². The molecule has 2 saturated heterocycles. The number of fused-ring (bicyclic) bond motifs is 1. The van der Waals surface area contributed by atoms with Gasteiger partial charge in [-0.05, 0) is 37.1 Å². The van der Waals surface area contributed by atoms with E-state index in [2.05, 4.69) is 9.64 Å². The van der Waals surface area contributed by atoms with E-state index in [1.54, 1.807) is 12.1 Å². The number of ether oxygens (including phenoxy) is 1. The molecule has 0 unspecified atom stereocenters. The monoisotopic (exact) mass is 310 g/mol. The topological polar surface area (TPSA) is 32.8 Å². The average Bonchev–Trinajstić information content (AvgIpc) is 2.77. The van der Waals surface area contributed by atoms with E-state index in [1.807, 2.05) is 24.1 Å². The molecular weight excluding hydrogens is 290 g/mol. The molecule has 0 bridgehead atoms. The highest BCUT2D eigenvalue weighted by atomic mass is 19.3. The summed E-state index contributed by atoms with van der Waals surface area (Å²) in [5.74, 6) is 0.529. The molecule has 120 valence electrons. The largest absolute Gasteiger partial charge is 0.435 e. The lowest BCUT2D eigenvalue weighted by Crippen LogP contribution is -2.44. The van der Waals surface area contributed by atoms with E-state index in [0.29, 0.717) is 0 Å². The fraction of sp³-hybridized carbons (Fsp3) is 0.562. The molecule has 0 aromatic heterocycles. The van der Waals surface area contributed by atoms with Crippen molar-refractivity contribution in [3.8, 4) is 5.75 Å². The van der Waals surface area contributed by atoms with Crippen LogP contribution in [0, 0.1) is 5.92 Å². The molecule has 22 heavy (non-hydrogen) atoms. The maximum Gasteiger partial charge on any atom is 0.387 e. The number of likely N-dealkylation sites (tertiary alicyclic amines) is 2. The number of amides is 1. The lowest BCUT2D eigenvalue weighted by molar-refractivity contribution is -0.130. The molecule has 2 fully saturated rings. The van der Waals surface area contributed by atoms with Gasteiger partial charge in [0.15, 0.2) is 0 Å². The standard InChI is InChI=1S/C16H20F2N2O2/c1-19-10-14-13(15(19)21)3-2-8-20(14)9-11-4-6-12(7-5-11)22-16(17)18/h4-7,13-14,16H,2-3,8-10H2,1H3/t13-,14-/m1/s1. The van der Waals surface area contributed by atoms with Crippen molar-refractivity contribution in [3.05, 3.63) is 29.8 Å². The summed E-state index contributed by atoms with van der Waals surface area (Å²) in [5, 5.41) is 0. The lowest BCUT2D eigenvalue weighted by atomic mass is 9.91. The summed E-state index contributed by atoms with van der Waals surface area (Å²) in [6.07, 6.45) is 1.98. The van der Waals surface area contributed by atoms with Gasteiger partial charge < -0.3 is 9.64 Å². The van der Waals surface area contributed by atoms with Gasteiger partial charge in [0.1, 0.15) is 5.75 Å². The number of benzene rings is 1. The first kappa shape index (κ1) is 15.2. The number of likely N-dealkylation sites (N-methyl/N-ethyl adjacent to an activating group) is 1. The normalized spacial score (nSPS) is 25.6. The van der Waals surface area contributed by atoms with Crippen molar-refractivity contribution in [1.29, 1.82) is 0 Å². The van der Waals surface area contributed by atoms with Gasteiger partial charge in [0.2, 0.25) is 5.91 Å². The number of carbonyl (C=O) groups excluding carboxylic acids is 1. The van der Waals surface area contributed by atoms with Gasteiger partial charge in [-0.3, -0.25) is 9.69 Å². The van der Waals surface area contributed by atoms with Crippen molar-refractivity contribution in [2.75, 3.05) is 20.1 Å². The minimum Gasteiger partial charge on any atom is -0.435 e. The summed E-state index contributed by atoms with van der Waals surface area (Å²) >= 11 is 0. The van der Waals surface area contributed by atoms with Crippen molar-refractivity contribution in [1.82, 2.24) is 9.80 Å². The summed E-state index contributed by atoms with van der Waals surface area (Å²) in [6, 6.07) is 7.01. The predicted molar refractivity (Wildman–Crippen MR) is 77.6 cm³/mol. The van der Waals surface area contributed by atoms with Crippen LogP contribution in [0.1, 0.15) is 18.4 Å². The number of alkyl halides is 2. The number of halogens is 2. The molecule has 1 aromatic carbocycles. The smallest absolute Gasteiger partial charge is 0.387 e. The second-order valence-electron chi connectivity index (χ2n) is 6.03. The van der Waals surface area contributed by atoms with Gasteiger partial charge in [-0.1, -0.05) is 12.1 Å². The number of hydrogen-bond donors (Lipinski definition) is 0. The first-order chi connectivity index (χ1) is 10.5. The van der Waals surface area contributed by atoms with Crippen LogP contribution >= 0.6 is 0 Å². The van der Waals surface area contributed by atoms with Crippen LogP contribution in [0.3, 0.4) is 0 Å². The van der Waals surface area contributed by atoms with E-state index in [0.717, 1.165) is 38.0 Å². The third-order valence-corrected chi connectivity index (χ3v) is 4.58. The van der Waals surface area contributed by atoms with E-state index in [-0.39, 0.29) is 23.6 Å². The molecule has 3 rings (SSSR count). The van der Waals surface area contributed by atoms with Gasteiger partial charge in [-0.15, -0.1) is 0 Å². The SMILES string of the molecule is CN1C[C@@H]2[C@@H](CCCN2Cc2ccc(OC(F)F)cc2)C1=O. The molecule has 2 heterocycles. The molecule has 1 aromatic rings. The quantitative estimate of drug-likeness (QED) is 0.856. The third kappa shape index (κ3) is 3.06. The first-order valence-corrected chi connectivity index (χ1v) is 7.57. The van der Waals surface area contributed by atoms with E-state index in [9.17, 15) is 13.6 Å². The minimum atomic E-state index is -2.80. The Morgan fingerprint density at radius 3 is 2.73 bits per heavy atom. The van der Waals surface area contributed by atoms with Crippen molar-refractivity contribution in [2.45, 2.75) is 32.0 Å². The molecule has 6 heteroatoms.